The molecular formula is C20H25NO7. The largest absolute Gasteiger partial charge is 0.502 e. The first kappa shape index (κ1) is 21.3. The van der Waals surface area contributed by atoms with Crippen LogP contribution in [0.5, 0.6) is 17.2 Å². The third-order valence-electron chi connectivity index (χ3n) is 4.53. The minimum Gasteiger partial charge on any atom is -0.502 e. The zero-order valence-corrected chi connectivity index (χ0v) is 16.1. The first-order valence-corrected chi connectivity index (χ1v) is 9.09. The highest BCUT2D eigenvalue weighted by Gasteiger charge is 2.33. The van der Waals surface area contributed by atoms with Crippen LogP contribution < -0.4 is 9.47 Å². The Labute approximate surface area is 163 Å². The molecule has 2 rings (SSSR count). The number of aromatic hydroxyl groups is 1. The fourth-order valence-electron chi connectivity index (χ4n) is 3.06. The second-order valence-corrected chi connectivity index (χ2v) is 6.53. The fraction of sp³-hybridized carbons (Fsp3) is 0.450. The Hall–Kier alpha value is -3.03. The summed E-state index contributed by atoms with van der Waals surface area (Å²) in [4.78, 5) is 36.5. The number of methoxy groups -OCH3 is 2. The number of carbonyl (C=O) groups excluding carboxylic acids is 2. The van der Waals surface area contributed by atoms with Gasteiger partial charge in [0, 0.05) is 18.5 Å². The van der Waals surface area contributed by atoms with E-state index in [2.05, 4.69) is 0 Å². The van der Waals surface area contributed by atoms with E-state index in [1.807, 2.05) is 0 Å². The number of benzene rings is 1. The van der Waals surface area contributed by atoms with Crippen molar-refractivity contribution in [2.75, 3.05) is 20.8 Å². The molecule has 2 N–H and O–H groups in total. The number of amides is 2. The minimum absolute atomic E-state index is 0.0172. The van der Waals surface area contributed by atoms with Crippen LogP contribution in [0.3, 0.4) is 0 Å². The van der Waals surface area contributed by atoms with Crippen LogP contribution in [0.25, 0.3) is 6.08 Å². The maximum Gasteiger partial charge on any atom is 0.303 e. The number of likely N-dealkylation sites (tertiary alicyclic amines) is 1. The van der Waals surface area contributed by atoms with Crippen LogP contribution in [0.2, 0.25) is 0 Å². The highest BCUT2D eigenvalue weighted by molar-refractivity contribution is 6.15. The van der Waals surface area contributed by atoms with Gasteiger partial charge in [-0.1, -0.05) is 12.8 Å². The van der Waals surface area contributed by atoms with Crippen LogP contribution in [-0.4, -0.2) is 53.7 Å². The topological polar surface area (TPSA) is 113 Å². The first-order valence-electron chi connectivity index (χ1n) is 9.09. The molecule has 0 atom stereocenters. The predicted octanol–water partition coefficient (Wildman–Crippen LogP) is 2.59. The van der Waals surface area contributed by atoms with E-state index >= 15 is 0 Å². The Bertz CT molecular complexity index is 760. The van der Waals surface area contributed by atoms with Crippen LogP contribution in [0.4, 0.5) is 0 Å². The number of hydrogen-bond donors (Lipinski definition) is 2. The molecule has 1 aliphatic rings. The number of rotatable bonds is 10. The molecule has 0 radical (unpaired) electrons. The molecule has 0 aromatic heterocycles. The lowest BCUT2D eigenvalue weighted by molar-refractivity contribution is -0.138. The van der Waals surface area contributed by atoms with Crippen LogP contribution in [0, 0.1) is 0 Å². The molecule has 1 aromatic rings. The van der Waals surface area contributed by atoms with Gasteiger partial charge >= 0.3 is 5.97 Å². The summed E-state index contributed by atoms with van der Waals surface area (Å²) in [6.45, 7) is 0.324. The van der Waals surface area contributed by atoms with E-state index < -0.39 is 5.97 Å². The van der Waals surface area contributed by atoms with Gasteiger partial charge in [0.1, 0.15) is 0 Å². The summed E-state index contributed by atoms with van der Waals surface area (Å²) in [6.07, 6.45) is 4.49. The number of hydrogen-bond acceptors (Lipinski definition) is 6. The second-order valence-electron chi connectivity index (χ2n) is 6.53. The maximum atomic E-state index is 12.6. The fourth-order valence-corrected chi connectivity index (χ4v) is 3.06. The van der Waals surface area contributed by atoms with E-state index in [0.717, 1.165) is 12.8 Å². The molecular weight excluding hydrogens is 366 g/mol. The Morgan fingerprint density at radius 1 is 1.11 bits per heavy atom. The molecule has 0 unspecified atom stereocenters. The van der Waals surface area contributed by atoms with Gasteiger partial charge in [0.2, 0.25) is 11.7 Å². The molecule has 28 heavy (non-hydrogen) atoms. The summed E-state index contributed by atoms with van der Waals surface area (Å²) < 4.78 is 10.2. The molecule has 8 nitrogen and oxygen atoms in total. The maximum absolute atomic E-state index is 12.6. The van der Waals surface area contributed by atoms with Gasteiger partial charge in [-0.3, -0.25) is 19.3 Å². The average molecular weight is 391 g/mol. The summed E-state index contributed by atoms with van der Waals surface area (Å²) in [5.74, 6) is -1.11. The lowest BCUT2D eigenvalue weighted by Gasteiger charge is -2.13. The summed E-state index contributed by atoms with van der Waals surface area (Å²) >= 11 is 0. The zero-order valence-electron chi connectivity index (χ0n) is 16.1. The number of carboxylic acid groups (broad SMARTS) is 1. The normalized spacial score (nSPS) is 15.4. The van der Waals surface area contributed by atoms with Crippen molar-refractivity contribution in [3.8, 4) is 17.2 Å². The van der Waals surface area contributed by atoms with E-state index in [1.54, 1.807) is 18.2 Å². The Morgan fingerprint density at radius 3 is 2.29 bits per heavy atom. The van der Waals surface area contributed by atoms with Crippen molar-refractivity contribution in [1.82, 2.24) is 4.90 Å². The van der Waals surface area contributed by atoms with Gasteiger partial charge in [-0.25, -0.2) is 0 Å². The van der Waals surface area contributed by atoms with Crippen molar-refractivity contribution >= 4 is 23.9 Å². The Balaban J connectivity index is 2.02. The molecule has 8 heteroatoms. The summed E-state index contributed by atoms with van der Waals surface area (Å²) in [6, 6.07) is 3.13. The third-order valence-corrected chi connectivity index (χ3v) is 4.53. The van der Waals surface area contributed by atoms with E-state index in [-0.39, 0.29) is 41.9 Å². The van der Waals surface area contributed by atoms with Crippen molar-refractivity contribution in [3.05, 3.63) is 23.3 Å². The minimum atomic E-state index is -0.817. The van der Waals surface area contributed by atoms with Gasteiger partial charge in [0.25, 0.3) is 5.91 Å². The van der Waals surface area contributed by atoms with Gasteiger partial charge < -0.3 is 19.7 Å². The van der Waals surface area contributed by atoms with Crippen LogP contribution in [0.1, 0.15) is 44.1 Å². The molecule has 1 fully saturated rings. The van der Waals surface area contributed by atoms with E-state index in [4.69, 9.17) is 14.6 Å². The smallest absolute Gasteiger partial charge is 0.303 e. The second kappa shape index (κ2) is 9.77. The third kappa shape index (κ3) is 5.25. The van der Waals surface area contributed by atoms with E-state index in [0.29, 0.717) is 30.5 Å². The summed E-state index contributed by atoms with van der Waals surface area (Å²) in [5, 5.41) is 18.6. The molecule has 0 spiro atoms. The lowest BCUT2D eigenvalue weighted by atomic mass is 10.1. The number of nitrogens with zero attached hydrogens (tertiary/aromatic N) is 1. The molecule has 2 amide bonds. The zero-order chi connectivity index (χ0) is 20.7. The number of phenols is 1. The quantitative estimate of drug-likeness (QED) is 0.358. The number of carboxylic acids is 1. The Morgan fingerprint density at radius 2 is 1.71 bits per heavy atom. The van der Waals surface area contributed by atoms with Crippen LogP contribution in [0.15, 0.2) is 17.7 Å². The number of ether oxygens (including phenoxy) is 2. The van der Waals surface area contributed by atoms with Crippen molar-refractivity contribution in [2.24, 2.45) is 0 Å². The standard InChI is InChI=1S/C20H25NO7/c1-27-15-10-13(11-16(28-2)19(15)25)9-14-12-17(22)21(20(14)26)8-6-4-3-5-7-18(23)24/h9-11,25H,3-8,12H2,1-2H3,(H,23,24)/b14-9+. The molecule has 1 aliphatic heterocycles. The molecule has 0 aliphatic carbocycles. The van der Waals surface area contributed by atoms with Crippen molar-refractivity contribution < 1.29 is 34.1 Å². The van der Waals surface area contributed by atoms with Gasteiger partial charge in [-0.15, -0.1) is 0 Å². The molecule has 0 saturated carbocycles. The number of phenolic OH excluding ortho intramolecular Hbond substituents is 1. The highest BCUT2D eigenvalue weighted by atomic mass is 16.5. The lowest BCUT2D eigenvalue weighted by Crippen LogP contribution is -2.30. The van der Waals surface area contributed by atoms with Crippen LogP contribution >= 0.6 is 0 Å². The molecule has 1 heterocycles. The Kier molecular flexibility index (Phi) is 7.43. The molecule has 1 saturated heterocycles. The molecule has 1 aromatic carbocycles. The van der Waals surface area contributed by atoms with E-state index in [9.17, 15) is 19.5 Å². The number of unbranched alkanes of at least 4 members (excludes halogenated alkanes) is 3. The molecule has 152 valence electrons. The van der Waals surface area contributed by atoms with Crippen LogP contribution in [-0.2, 0) is 14.4 Å². The van der Waals surface area contributed by atoms with Crippen molar-refractivity contribution in [3.63, 3.8) is 0 Å². The van der Waals surface area contributed by atoms with E-state index in [1.165, 1.54) is 19.1 Å². The number of imide groups is 1. The van der Waals surface area contributed by atoms with Gasteiger partial charge in [-0.05, 0) is 36.6 Å². The predicted molar refractivity (Wildman–Crippen MR) is 101 cm³/mol. The van der Waals surface area contributed by atoms with Crippen molar-refractivity contribution in [2.45, 2.75) is 38.5 Å². The monoisotopic (exact) mass is 391 g/mol. The summed E-state index contributed by atoms with van der Waals surface area (Å²) in [5.41, 5.74) is 0.948. The highest BCUT2D eigenvalue weighted by Crippen LogP contribution is 2.38. The van der Waals surface area contributed by atoms with Crippen molar-refractivity contribution in [1.29, 1.82) is 0 Å². The number of aliphatic carboxylic acids is 1. The molecule has 0 bridgehead atoms. The average Bonchev–Trinajstić information content (AvgIpc) is 2.92. The van der Waals surface area contributed by atoms with Gasteiger partial charge in [0.15, 0.2) is 11.5 Å². The summed E-state index contributed by atoms with van der Waals surface area (Å²) in [7, 11) is 2.82. The van der Waals surface area contributed by atoms with Gasteiger partial charge in [0.05, 0.1) is 20.6 Å². The first-order chi connectivity index (χ1) is 13.4. The number of carbonyl (C=O) groups is 3. The SMILES string of the molecule is COc1cc(/C=C2\CC(=O)N(CCCCCCC(=O)O)C2=O)cc(OC)c1O. The van der Waals surface area contributed by atoms with Gasteiger partial charge in [-0.2, -0.15) is 0 Å².